The molecule has 2 unspecified atom stereocenters. The summed E-state index contributed by atoms with van der Waals surface area (Å²) in [6, 6.07) is 11.7. The SMILES string of the molecule is O=C(c1cc(-c2ccccc2)no1)N1CCSC2COCCC21. The average molecular weight is 330 g/mol. The maximum absolute atomic E-state index is 12.8. The lowest BCUT2D eigenvalue weighted by Crippen LogP contribution is -2.54. The molecule has 2 aliphatic heterocycles. The Morgan fingerprint density at radius 1 is 1.30 bits per heavy atom. The maximum Gasteiger partial charge on any atom is 0.292 e. The van der Waals surface area contributed by atoms with E-state index in [9.17, 15) is 4.79 Å². The van der Waals surface area contributed by atoms with Gasteiger partial charge < -0.3 is 14.2 Å². The van der Waals surface area contributed by atoms with E-state index in [-0.39, 0.29) is 11.9 Å². The number of hydrogen-bond donors (Lipinski definition) is 0. The van der Waals surface area contributed by atoms with Crippen molar-refractivity contribution in [1.29, 1.82) is 0 Å². The second kappa shape index (κ2) is 6.37. The quantitative estimate of drug-likeness (QED) is 0.847. The summed E-state index contributed by atoms with van der Waals surface area (Å²) >= 11 is 1.90. The number of amides is 1. The molecule has 3 heterocycles. The number of nitrogens with zero attached hydrogens (tertiary/aromatic N) is 2. The van der Waals surface area contributed by atoms with Gasteiger partial charge in [0, 0.05) is 41.8 Å². The van der Waals surface area contributed by atoms with Gasteiger partial charge in [-0.05, 0) is 6.42 Å². The molecule has 2 atom stereocenters. The van der Waals surface area contributed by atoms with Crippen molar-refractivity contribution in [2.75, 3.05) is 25.5 Å². The standard InChI is InChI=1S/C17H18N2O3S/c20-17(19-7-9-23-16-11-21-8-6-14(16)19)15-10-13(18-22-15)12-4-2-1-3-5-12/h1-5,10,14,16H,6-9,11H2. The number of rotatable bonds is 2. The molecule has 2 aliphatic rings. The summed E-state index contributed by atoms with van der Waals surface area (Å²) in [6.45, 7) is 2.20. The number of carbonyl (C=O) groups is 1. The van der Waals surface area contributed by atoms with Crippen LogP contribution in [0.3, 0.4) is 0 Å². The highest BCUT2D eigenvalue weighted by Crippen LogP contribution is 2.31. The zero-order valence-corrected chi connectivity index (χ0v) is 13.5. The molecule has 0 N–H and O–H groups in total. The van der Waals surface area contributed by atoms with Gasteiger partial charge in [-0.1, -0.05) is 35.5 Å². The molecule has 2 fully saturated rings. The molecule has 0 radical (unpaired) electrons. The molecule has 0 bridgehead atoms. The third kappa shape index (κ3) is 2.88. The highest BCUT2D eigenvalue weighted by Gasteiger charge is 2.38. The second-order valence-electron chi connectivity index (χ2n) is 5.78. The van der Waals surface area contributed by atoms with Gasteiger partial charge in [-0.2, -0.15) is 11.8 Å². The minimum absolute atomic E-state index is 0.0584. The van der Waals surface area contributed by atoms with Crippen LogP contribution in [0, 0.1) is 0 Å². The molecule has 4 rings (SSSR count). The van der Waals surface area contributed by atoms with Crippen LogP contribution in [0.2, 0.25) is 0 Å². The normalized spacial score (nSPS) is 24.3. The Labute approximate surface area is 139 Å². The van der Waals surface area contributed by atoms with Gasteiger partial charge in [0.05, 0.1) is 6.61 Å². The lowest BCUT2D eigenvalue weighted by Gasteiger charge is -2.42. The summed E-state index contributed by atoms with van der Waals surface area (Å²) in [6.07, 6.45) is 0.892. The number of carbonyl (C=O) groups excluding carboxylic acids is 1. The predicted molar refractivity (Wildman–Crippen MR) is 88.4 cm³/mol. The fourth-order valence-electron chi connectivity index (χ4n) is 3.20. The highest BCUT2D eigenvalue weighted by atomic mass is 32.2. The average Bonchev–Trinajstić information content (AvgIpc) is 3.11. The molecular weight excluding hydrogens is 312 g/mol. The summed E-state index contributed by atoms with van der Waals surface area (Å²) in [5, 5.41) is 4.43. The summed E-state index contributed by atoms with van der Waals surface area (Å²) in [7, 11) is 0. The lowest BCUT2D eigenvalue weighted by atomic mass is 10.1. The fraction of sp³-hybridized carbons (Fsp3) is 0.412. The van der Waals surface area contributed by atoms with Gasteiger partial charge in [-0.3, -0.25) is 4.79 Å². The number of fused-ring (bicyclic) bond motifs is 1. The molecule has 0 saturated carbocycles. The van der Waals surface area contributed by atoms with Crippen LogP contribution < -0.4 is 0 Å². The van der Waals surface area contributed by atoms with Crippen molar-refractivity contribution in [2.24, 2.45) is 0 Å². The van der Waals surface area contributed by atoms with Crippen LogP contribution in [0.4, 0.5) is 0 Å². The van der Waals surface area contributed by atoms with E-state index in [1.165, 1.54) is 0 Å². The molecule has 6 heteroatoms. The molecule has 1 aromatic heterocycles. The number of hydrogen-bond acceptors (Lipinski definition) is 5. The first-order chi connectivity index (χ1) is 11.3. The van der Waals surface area contributed by atoms with Gasteiger partial charge in [0.15, 0.2) is 0 Å². The minimum Gasteiger partial charge on any atom is -0.380 e. The van der Waals surface area contributed by atoms with Gasteiger partial charge in [0.25, 0.3) is 5.91 Å². The van der Waals surface area contributed by atoms with Crippen molar-refractivity contribution in [3.63, 3.8) is 0 Å². The van der Waals surface area contributed by atoms with E-state index in [2.05, 4.69) is 5.16 Å². The predicted octanol–water partition coefficient (Wildman–Crippen LogP) is 2.69. The van der Waals surface area contributed by atoms with Crippen LogP contribution in [-0.4, -0.2) is 52.8 Å². The van der Waals surface area contributed by atoms with E-state index in [1.54, 1.807) is 6.07 Å². The Morgan fingerprint density at radius 3 is 3.04 bits per heavy atom. The van der Waals surface area contributed by atoms with Crippen LogP contribution in [-0.2, 0) is 4.74 Å². The molecule has 120 valence electrons. The van der Waals surface area contributed by atoms with Crippen molar-refractivity contribution < 1.29 is 14.1 Å². The molecule has 1 aromatic carbocycles. The van der Waals surface area contributed by atoms with Crippen LogP contribution in [0.25, 0.3) is 11.3 Å². The van der Waals surface area contributed by atoms with Crippen molar-refractivity contribution in [2.45, 2.75) is 17.7 Å². The molecule has 2 saturated heterocycles. The van der Waals surface area contributed by atoms with Gasteiger partial charge in [0.1, 0.15) is 5.69 Å². The van der Waals surface area contributed by atoms with E-state index in [4.69, 9.17) is 9.26 Å². The molecule has 0 aliphatic carbocycles. The zero-order valence-electron chi connectivity index (χ0n) is 12.7. The Bertz CT molecular complexity index is 686. The van der Waals surface area contributed by atoms with Crippen LogP contribution in [0.1, 0.15) is 17.0 Å². The van der Waals surface area contributed by atoms with Crippen molar-refractivity contribution >= 4 is 17.7 Å². The van der Waals surface area contributed by atoms with Crippen molar-refractivity contribution in [3.05, 3.63) is 42.2 Å². The smallest absolute Gasteiger partial charge is 0.292 e. The van der Waals surface area contributed by atoms with E-state index >= 15 is 0 Å². The Hall–Kier alpha value is -1.79. The lowest BCUT2D eigenvalue weighted by molar-refractivity contribution is 0.0296. The van der Waals surface area contributed by atoms with E-state index in [1.807, 2.05) is 47.0 Å². The van der Waals surface area contributed by atoms with Gasteiger partial charge >= 0.3 is 0 Å². The summed E-state index contributed by atoms with van der Waals surface area (Å²) in [5.41, 5.74) is 1.65. The third-order valence-corrected chi connectivity index (χ3v) is 5.68. The fourth-order valence-corrected chi connectivity index (χ4v) is 4.50. The Morgan fingerprint density at radius 2 is 2.17 bits per heavy atom. The first-order valence-corrected chi connectivity index (χ1v) is 8.90. The maximum atomic E-state index is 12.8. The van der Waals surface area contributed by atoms with E-state index < -0.39 is 0 Å². The summed E-state index contributed by atoms with van der Waals surface area (Å²) in [5.74, 6) is 1.20. The van der Waals surface area contributed by atoms with Crippen LogP contribution >= 0.6 is 11.8 Å². The molecule has 5 nitrogen and oxygen atoms in total. The topological polar surface area (TPSA) is 55.6 Å². The van der Waals surface area contributed by atoms with Gasteiger partial charge in [-0.25, -0.2) is 0 Å². The first-order valence-electron chi connectivity index (χ1n) is 7.85. The number of aromatic nitrogens is 1. The van der Waals surface area contributed by atoms with Crippen molar-refractivity contribution in [3.8, 4) is 11.3 Å². The van der Waals surface area contributed by atoms with Crippen LogP contribution in [0.5, 0.6) is 0 Å². The van der Waals surface area contributed by atoms with Gasteiger partial charge in [0.2, 0.25) is 5.76 Å². The number of benzene rings is 1. The molecule has 2 aromatic rings. The highest BCUT2D eigenvalue weighted by molar-refractivity contribution is 8.00. The molecule has 0 spiro atoms. The molecule has 1 amide bonds. The monoisotopic (exact) mass is 330 g/mol. The first kappa shape index (κ1) is 14.8. The van der Waals surface area contributed by atoms with Gasteiger partial charge in [-0.15, -0.1) is 0 Å². The zero-order chi connectivity index (χ0) is 15.6. The Balaban J connectivity index is 1.56. The summed E-state index contributed by atoms with van der Waals surface area (Å²) in [4.78, 5) is 14.8. The summed E-state index contributed by atoms with van der Waals surface area (Å²) < 4.78 is 10.9. The second-order valence-corrected chi connectivity index (χ2v) is 7.13. The van der Waals surface area contributed by atoms with E-state index in [0.29, 0.717) is 16.7 Å². The molecular formula is C17H18N2O3S. The van der Waals surface area contributed by atoms with E-state index in [0.717, 1.165) is 37.5 Å². The largest absolute Gasteiger partial charge is 0.380 e. The molecule has 23 heavy (non-hydrogen) atoms. The number of ether oxygens (including phenoxy) is 1. The Kier molecular flexibility index (Phi) is 4.10. The number of thioether (sulfide) groups is 1. The minimum atomic E-state index is -0.0584. The van der Waals surface area contributed by atoms with Crippen LogP contribution in [0.15, 0.2) is 40.9 Å². The van der Waals surface area contributed by atoms with Crippen molar-refractivity contribution in [1.82, 2.24) is 10.1 Å². The third-order valence-electron chi connectivity index (χ3n) is 4.39.